The number of halogens is 4. The van der Waals surface area contributed by atoms with E-state index >= 15 is 0 Å². The highest BCUT2D eigenvalue weighted by Crippen LogP contribution is 2.47. The fourth-order valence-electron chi connectivity index (χ4n) is 3.46. The van der Waals surface area contributed by atoms with Gasteiger partial charge in [0.15, 0.2) is 0 Å². The van der Waals surface area contributed by atoms with Crippen LogP contribution in [0.25, 0.3) is 0 Å². The van der Waals surface area contributed by atoms with Crippen molar-refractivity contribution in [2.45, 2.75) is 18.6 Å². The van der Waals surface area contributed by atoms with Crippen LogP contribution in [0.3, 0.4) is 0 Å². The fraction of sp³-hybridized carbons (Fsp3) is 0.227. The topological polar surface area (TPSA) is 87.0 Å². The summed E-state index contributed by atoms with van der Waals surface area (Å²) in [5.74, 6) is -1.26. The van der Waals surface area contributed by atoms with Crippen molar-refractivity contribution in [2.24, 2.45) is 5.92 Å². The zero-order valence-electron chi connectivity index (χ0n) is 16.2. The normalized spacial score (nSPS) is 20.5. The molecule has 0 fully saturated rings. The number of carbonyl (C=O) groups excluding carboxylic acids is 1. The van der Waals surface area contributed by atoms with Crippen molar-refractivity contribution in [2.75, 3.05) is 6.61 Å². The van der Waals surface area contributed by atoms with Gasteiger partial charge in [0.05, 0.1) is 21.1 Å². The maximum atomic E-state index is 12.7. The highest BCUT2D eigenvalue weighted by Gasteiger charge is 2.43. The highest BCUT2D eigenvalue weighted by molar-refractivity contribution is 9.12. The fourth-order valence-corrected chi connectivity index (χ4v) is 6.02. The third-order valence-corrected chi connectivity index (χ3v) is 7.58. The van der Waals surface area contributed by atoms with Crippen molar-refractivity contribution in [3.05, 3.63) is 83.2 Å². The first-order valence-electron chi connectivity index (χ1n) is 9.21. The lowest BCUT2D eigenvalue weighted by Crippen LogP contribution is -2.38. The van der Waals surface area contributed by atoms with Crippen LogP contribution in [0.1, 0.15) is 28.4 Å². The maximum absolute atomic E-state index is 12.7. The molecule has 0 saturated carbocycles. The van der Waals surface area contributed by atoms with Gasteiger partial charge >= 0.3 is 5.97 Å². The lowest BCUT2D eigenvalue weighted by molar-refractivity contribution is 0.0420. The van der Waals surface area contributed by atoms with E-state index < -0.39 is 23.6 Å². The second-order valence-corrected chi connectivity index (χ2v) is 10.4. The number of hydrogen-bond acceptors (Lipinski definition) is 5. The van der Waals surface area contributed by atoms with Gasteiger partial charge in [0.1, 0.15) is 17.5 Å². The Balaban J connectivity index is 2.34. The molecule has 1 aliphatic carbocycles. The summed E-state index contributed by atoms with van der Waals surface area (Å²) in [7, 11) is 0. The predicted octanol–water partition coefficient (Wildman–Crippen LogP) is 5.88. The number of phenols is 1. The van der Waals surface area contributed by atoms with Crippen LogP contribution in [0.4, 0.5) is 0 Å². The SMILES string of the molecule is CCOC(=O)c1ccccc1C(O)(c1cc(Br)c(O)c(Br)c1)C1C=C(Br)C(O)C(Br)=C1. The van der Waals surface area contributed by atoms with Gasteiger partial charge in [0, 0.05) is 20.4 Å². The zero-order chi connectivity index (χ0) is 22.9. The van der Waals surface area contributed by atoms with E-state index in [9.17, 15) is 20.1 Å². The van der Waals surface area contributed by atoms with Gasteiger partial charge in [0.25, 0.3) is 0 Å². The monoisotopic (exact) mass is 678 g/mol. The molecule has 0 bridgehead atoms. The molecule has 0 spiro atoms. The van der Waals surface area contributed by atoms with E-state index in [0.717, 1.165) is 0 Å². The number of benzene rings is 2. The van der Waals surface area contributed by atoms with E-state index in [-0.39, 0.29) is 17.9 Å². The molecular formula is C22H18Br4O5. The lowest BCUT2D eigenvalue weighted by Gasteiger charge is -2.38. The number of rotatable bonds is 5. The second kappa shape index (κ2) is 9.89. The Morgan fingerprint density at radius 2 is 1.61 bits per heavy atom. The number of hydrogen-bond donors (Lipinski definition) is 3. The summed E-state index contributed by atoms with van der Waals surface area (Å²) in [6.45, 7) is 1.90. The van der Waals surface area contributed by atoms with E-state index in [1.165, 1.54) is 0 Å². The molecule has 0 heterocycles. The Kier molecular flexibility index (Phi) is 7.87. The zero-order valence-corrected chi connectivity index (χ0v) is 22.5. The van der Waals surface area contributed by atoms with E-state index in [2.05, 4.69) is 63.7 Å². The van der Waals surface area contributed by atoms with Gasteiger partial charge in [0.2, 0.25) is 0 Å². The first-order valence-corrected chi connectivity index (χ1v) is 12.4. The summed E-state index contributed by atoms with van der Waals surface area (Å²) >= 11 is 13.4. The van der Waals surface area contributed by atoms with Crippen LogP contribution < -0.4 is 0 Å². The van der Waals surface area contributed by atoms with E-state index in [0.29, 0.717) is 29.0 Å². The first kappa shape index (κ1) is 24.7. The number of aliphatic hydroxyl groups excluding tert-OH is 1. The van der Waals surface area contributed by atoms with Crippen LogP contribution in [-0.4, -0.2) is 34.0 Å². The number of ether oxygens (including phenoxy) is 1. The van der Waals surface area contributed by atoms with Crippen molar-refractivity contribution in [3.63, 3.8) is 0 Å². The number of phenolic OH excluding ortho intramolecular Hbond substituents is 1. The van der Waals surface area contributed by atoms with Gasteiger partial charge in [-0.2, -0.15) is 0 Å². The van der Waals surface area contributed by atoms with Crippen LogP contribution in [0, 0.1) is 5.92 Å². The summed E-state index contributed by atoms with van der Waals surface area (Å²) in [4.78, 5) is 12.7. The molecule has 2 aromatic rings. The van der Waals surface area contributed by atoms with Crippen molar-refractivity contribution >= 4 is 69.7 Å². The Hall–Kier alpha value is -0.970. The van der Waals surface area contributed by atoms with Gasteiger partial charge in [-0.15, -0.1) is 0 Å². The molecular weight excluding hydrogens is 664 g/mol. The highest BCUT2D eigenvalue weighted by atomic mass is 79.9. The predicted molar refractivity (Wildman–Crippen MR) is 132 cm³/mol. The Morgan fingerprint density at radius 3 is 2.16 bits per heavy atom. The van der Waals surface area contributed by atoms with Crippen LogP contribution >= 0.6 is 63.7 Å². The van der Waals surface area contributed by atoms with Crippen LogP contribution in [0.5, 0.6) is 5.75 Å². The molecule has 164 valence electrons. The summed E-state index contributed by atoms with van der Waals surface area (Å²) in [6.07, 6.45) is 2.48. The average Bonchev–Trinajstić information content (AvgIpc) is 2.74. The van der Waals surface area contributed by atoms with Gasteiger partial charge < -0.3 is 20.1 Å². The third kappa shape index (κ3) is 4.72. The molecule has 0 saturated heterocycles. The van der Waals surface area contributed by atoms with E-state index in [4.69, 9.17) is 4.74 Å². The molecule has 9 heteroatoms. The molecule has 0 aromatic heterocycles. The van der Waals surface area contributed by atoms with Gasteiger partial charge in [-0.3, -0.25) is 0 Å². The maximum Gasteiger partial charge on any atom is 0.338 e. The lowest BCUT2D eigenvalue weighted by atomic mass is 9.73. The van der Waals surface area contributed by atoms with Gasteiger partial charge in [-0.1, -0.05) is 62.2 Å². The molecule has 31 heavy (non-hydrogen) atoms. The summed E-state index contributed by atoms with van der Waals surface area (Å²) < 4.78 is 6.88. The minimum absolute atomic E-state index is 0.0164. The minimum atomic E-state index is -1.75. The smallest absolute Gasteiger partial charge is 0.338 e. The number of aliphatic hydroxyl groups is 2. The standard InChI is InChI=1S/C22H18Br4O5/c1-2-31-21(29)13-5-3-4-6-14(13)22(30,11-7-15(23)19(27)16(24)8-11)12-9-17(25)20(28)18(26)10-12/h3-11,19,27-28,30H,2H2,1H3. The van der Waals surface area contributed by atoms with Crippen molar-refractivity contribution in [1.29, 1.82) is 0 Å². The molecule has 5 nitrogen and oxygen atoms in total. The summed E-state index contributed by atoms with van der Waals surface area (Å²) in [6, 6.07) is 9.87. The number of esters is 1. The Labute approximate surface area is 213 Å². The minimum Gasteiger partial charge on any atom is -0.506 e. The van der Waals surface area contributed by atoms with Crippen molar-refractivity contribution in [3.8, 4) is 5.75 Å². The Morgan fingerprint density at radius 1 is 1.06 bits per heavy atom. The number of carbonyl (C=O) groups is 1. The van der Waals surface area contributed by atoms with Crippen LogP contribution in [0.2, 0.25) is 0 Å². The molecule has 0 aliphatic heterocycles. The van der Waals surface area contributed by atoms with Gasteiger partial charge in [-0.05, 0) is 62.5 Å². The second-order valence-electron chi connectivity index (χ2n) is 6.85. The largest absolute Gasteiger partial charge is 0.506 e. The van der Waals surface area contributed by atoms with Crippen molar-refractivity contribution < 1.29 is 24.9 Å². The van der Waals surface area contributed by atoms with Crippen LogP contribution in [0.15, 0.2) is 66.5 Å². The van der Waals surface area contributed by atoms with E-state index in [1.807, 2.05) is 0 Å². The molecule has 1 aliphatic rings. The first-order chi connectivity index (χ1) is 14.6. The molecule has 1 unspecified atom stereocenters. The number of aromatic hydroxyl groups is 1. The molecule has 3 rings (SSSR count). The van der Waals surface area contributed by atoms with Crippen LogP contribution in [-0.2, 0) is 10.3 Å². The van der Waals surface area contributed by atoms with E-state index in [1.54, 1.807) is 55.5 Å². The average molecular weight is 682 g/mol. The van der Waals surface area contributed by atoms with Crippen molar-refractivity contribution in [1.82, 2.24) is 0 Å². The Bertz CT molecular complexity index is 1040. The summed E-state index contributed by atoms with van der Waals surface area (Å²) in [5, 5.41) is 32.8. The molecule has 0 radical (unpaired) electrons. The van der Waals surface area contributed by atoms with Gasteiger partial charge in [-0.25, -0.2) is 4.79 Å². The molecule has 2 aromatic carbocycles. The molecule has 0 amide bonds. The third-order valence-electron chi connectivity index (χ3n) is 4.97. The molecule has 3 N–H and O–H groups in total. The summed E-state index contributed by atoms with van der Waals surface area (Å²) in [5.41, 5.74) is -0.796. The quantitative estimate of drug-likeness (QED) is 0.344. The molecule has 1 atom stereocenters.